The second-order valence-electron chi connectivity index (χ2n) is 9.64. The van der Waals surface area contributed by atoms with Gasteiger partial charge in [-0.3, -0.25) is 19.2 Å². The molecule has 31 heavy (non-hydrogen) atoms. The summed E-state index contributed by atoms with van der Waals surface area (Å²) in [5, 5.41) is 26.3. The Morgan fingerprint density at radius 1 is 0.742 bits per heavy atom. The van der Waals surface area contributed by atoms with Gasteiger partial charge in [0.15, 0.2) is 0 Å². The number of carbonyl (C=O) groups is 4. The van der Waals surface area contributed by atoms with Gasteiger partial charge >= 0.3 is 5.97 Å². The predicted molar refractivity (Wildman–Crippen MR) is 114 cm³/mol. The summed E-state index contributed by atoms with van der Waals surface area (Å²) in [6, 6.07) is 0. The first-order valence-electron chi connectivity index (χ1n) is 10.7. The Hall–Kier alpha value is -2.74. The molecule has 0 aliphatic carbocycles. The molecule has 0 radical (unpaired) electrons. The highest BCUT2D eigenvalue weighted by Gasteiger charge is 2.25. The van der Waals surface area contributed by atoms with Crippen LogP contribution in [0.5, 0.6) is 0 Å². The van der Waals surface area contributed by atoms with Crippen LogP contribution in [0, 0.1) is 33.7 Å². The van der Waals surface area contributed by atoms with Crippen LogP contribution in [0.15, 0.2) is 0 Å². The normalized spacial score (nSPS) is 11.3. The molecule has 0 fully saturated rings. The minimum atomic E-state index is -0.837. The summed E-state index contributed by atoms with van der Waals surface area (Å²) in [5.74, 6) is -1.21. The van der Waals surface area contributed by atoms with Crippen molar-refractivity contribution in [2.75, 3.05) is 0 Å². The van der Waals surface area contributed by atoms with Crippen LogP contribution < -0.4 is 0 Å². The standard InChI is InChI=1S/C23H35N3O5/c1-22(2,14-20(29)26(16-24)17-25)12-6-10-18(27)8-5-9-19(28)11-7-13-23(3,4)15-21(30)31/h5-15H2,1-4H3,(H,30,31). The number of rotatable bonds is 16. The number of carboxylic acids is 1. The molecule has 1 amide bonds. The first-order valence-corrected chi connectivity index (χ1v) is 10.7. The van der Waals surface area contributed by atoms with Crippen LogP contribution >= 0.6 is 0 Å². The molecule has 0 aliphatic rings. The highest BCUT2D eigenvalue weighted by molar-refractivity contribution is 5.81. The van der Waals surface area contributed by atoms with Crippen molar-refractivity contribution in [3.05, 3.63) is 0 Å². The summed E-state index contributed by atoms with van der Waals surface area (Å²) in [6.45, 7) is 7.48. The summed E-state index contributed by atoms with van der Waals surface area (Å²) in [7, 11) is 0. The third kappa shape index (κ3) is 14.0. The van der Waals surface area contributed by atoms with Gasteiger partial charge < -0.3 is 5.11 Å². The van der Waals surface area contributed by atoms with Gasteiger partial charge in [0.25, 0.3) is 0 Å². The Labute approximate surface area is 185 Å². The van der Waals surface area contributed by atoms with Gasteiger partial charge in [0.05, 0.1) is 6.42 Å². The van der Waals surface area contributed by atoms with E-state index in [1.807, 2.05) is 27.7 Å². The van der Waals surface area contributed by atoms with E-state index in [1.165, 1.54) is 12.4 Å². The second kappa shape index (κ2) is 13.5. The zero-order chi connectivity index (χ0) is 24.1. The molecule has 8 heteroatoms. The Morgan fingerprint density at radius 3 is 1.52 bits per heavy atom. The molecule has 0 unspecified atom stereocenters. The number of carbonyl (C=O) groups excluding carboxylic acids is 3. The van der Waals surface area contributed by atoms with Gasteiger partial charge in [0, 0.05) is 32.1 Å². The molecule has 0 heterocycles. The predicted octanol–water partition coefficient (Wildman–Crippen LogP) is 4.34. The van der Waals surface area contributed by atoms with Crippen LogP contribution in [0.25, 0.3) is 0 Å². The maximum atomic E-state index is 12.1. The third-order valence-electron chi connectivity index (χ3n) is 5.24. The number of hydrogen-bond acceptors (Lipinski definition) is 6. The minimum absolute atomic E-state index is 0.0556. The van der Waals surface area contributed by atoms with Crippen molar-refractivity contribution in [2.24, 2.45) is 10.8 Å². The molecule has 0 aliphatic heterocycles. The monoisotopic (exact) mass is 433 g/mol. The smallest absolute Gasteiger partial charge is 0.303 e. The molecule has 0 atom stereocenters. The van der Waals surface area contributed by atoms with Crippen LogP contribution in [0.4, 0.5) is 0 Å². The van der Waals surface area contributed by atoms with Gasteiger partial charge in [0.2, 0.25) is 18.3 Å². The fourth-order valence-corrected chi connectivity index (χ4v) is 3.47. The van der Waals surface area contributed by atoms with Crippen LogP contribution in [-0.4, -0.2) is 33.4 Å². The Kier molecular flexibility index (Phi) is 12.3. The van der Waals surface area contributed by atoms with Crippen molar-refractivity contribution >= 4 is 23.4 Å². The molecule has 0 saturated carbocycles. The Bertz CT molecular complexity index is 714. The Balaban J connectivity index is 4.06. The average molecular weight is 434 g/mol. The molecule has 0 aromatic rings. The number of aliphatic carboxylic acids is 1. The SMILES string of the molecule is CC(C)(CCCC(=O)CCCC(=O)CCCC(C)(C)CC(=O)N(C#N)C#N)CC(=O)O. The first kappa shape index (κ1) is 28.3. The lowest BCUT2D eigenvalue weighted by Crippen LogP contribution is -2.27. The van der Waals surface area contributed by atoms with Gasteiger partial charge in [-0.1, -0.05) is 27.7 Å². The number of nitriles is 2. The van der Waals surface area contributed by atoms with Gasteiger partial charge in [-0.2, -0.15) is 10.5 Å². The van der Waals surface area contributed by atoms with Crippen molar-refractivity contribution in [3.63, 3.8) is 0 Å². The number of hydrogen-bond donors (Lipinski definition) is 1. The average Bonchev–Trinajstić information content (AvgIpc) is 2.60. The minimum Gasteiger partial charge on any atom is -0.481 e. The number of carboxylic acid groups (broad SMARTS) is 1. The van der Waals surface area contributed by atoms with E-state index >= 15 is 0 Å². The van der Waals surface area contributed by atoms with Crippen LogP contribution in [0.3, 0.4) is 0 Å². The third-order valence-corrected chi connectivity index (χ3v) is 5.24. The number of nitrogens with zero attached hydrogens (tertiary/aromatic N) is 3. The zero-order valence-corrected chi connectivity index (χ0v) is 19.2. The summed E-state index contributed by atoms with van der Waals surface area (Å²) < 4.78 is 0. The summed E-state index contributed by atoms with van der Waals surface area (Å²) >= 11 is 0. The molecule has 1 N–H and O–H groups in total. The van der Waals surface area contributed by atoms with E-state index in [1.54, 1.807) is 0 Å². The quantitative estimate of drug-likeness (QED) is 0.282. The van der Waals surface area contributed by atoms with Gasteiger partial charge in [0.1, 0.15) is 11.6 Å². The molecule has 0 rings (SSSR count). The van der Waals surface area contributed by atoms with E-state index in [9.17, 15) is 19.2 Å². The number of ketones is 2. The summed E-state index contributed by atoms with van der Waals surface area (Å²) in [5.41, 5.74) is -0.754. The topological polar surface area (TPSA) is 139 Å². The fourth-order valence-electron chi connectivity index (χ4n) is 3.47. The molecular weight excluding hydrogens is 398 g/mol. The highest BCUT2D eigenvalue weighted by Crippen LogP contribution is 2.29. The molecule has 8 nitrogen and oxygen atoms in total. The molecule has 0 aromatic heterocycles. The van der Waals surface area contributed by atoms with Crippen LogP contribution in [0.1, 0.15) is 98.3 Å². The van der Waals surface area contributed by atoms with Crippen LogP contribution in [0.2, 0.25) is 0 Å². The largest absolute Gasteiger partial charge is 0.481 e. The Morgan fingerprint density at radius 2 is 1.13 bits per heavy atom. The van der Waals surface area contributed by atoms with Crippen molar-refractivity contribution < 1.29 is 24.3 Å². The number of amides is 1. The van der Waals surface area contributed by atoms with E-state index in [4.69, 9.17) is 15.6 Å². The summed E-state index contributed by atoms with van der Waals surface area (Å²) in [4.78, 5) is 47.1. The van der Waals surface area contributed by atoms with Gasteiger partial charge in [-0.25, -0.2) is 0 Å². The molecule has 0 aromatic carbocycles. The second-order valence-corrected chi connectivity index (χ2v) is 9.64. The molecular formula is C23H35N3O5. The molecule has 0 saturated heterocycles. The van der Waals surface area contributed by atoms with E-state index < -0.39 is 17.3 Å². The van der Waals surface area contributed by atoms with Crippen molar-refractivity contribution in [3.8, 4) is 12.4 Å². The fraction of sp³-hybridized carbons (Fsp3) is 0.739. The lowest BCUT2D eigenvalue weighted by molar-refractivity contribution is -0.139. The van der Waals surface area contributed by atoms with E-state index in [0.717, 1.165) is 0 Å². The van der Waals surface area contributed by atoms with Crippen molar-refractivity contribution in [1.29, 1.82) is 10.5 Å². The maximum Gasteiger partial charge on any atom is 0.303 e. The van der Waals surface area contributed by atoms with Gasteiger partial charge in [-0.05, 0) is 42.9 Å². The maximum absolute atomic E-state index is 12.1. The highest BCUT2D eigenvalue weighted by atomic mass is 16.4. The van der Waals surface area contributed by atoms with Crippen LogP contribution in [-0.2, 0) is 19.2 Å². The first-order chi connectivity index (χ1) is 14.3. The van der Waals surface area contributed by atoms with E-state index in [0.29, 0.717) is 62.7 Å². The van der Waals surface area contributed by atoms with Crippen molar-refractivity contribution in [1.82, 2.24) is 4.90 Å². The van der Waals surface area contributed by atoms with E-state index in [-0.39, 0.29) is 29.8 Å². The van der Waals surface area contributed by atoms with E-state index in [2.05, 4.69) is 0 Å². The number of Topliss-reactive ketones (excluding diaryl/α,β-unsaturated/α-hetero) is 2. The molecule has 172 valence electrons. The van der Waals surface area contributed by atoms with Crippen molar-refractivity contribution in [2.45, 2.75) is 98.3 Å². The molecule has 0 spiro atoms. The lowest BCUT2D eigenvalue weighted by atomic mass is 9.83. The van der Waals surface area contributed by atoms with Gasteiger partial charge in [-0.15, -0.1) is 4.90 Å². The lowest BCUT2D eigenvalue weighted by Gasteiger charge is -2.23. The summed E-state index contributed by atoms with van der Waals surface area (Å²) in [6.07, 6.45) is 7.69. The molecule has 0 bridgehead atoms. The zero-order valence-electron chi connectivity index (χ0n) is 19.2.